The van der Waals surface area contributed by atoms with E-state index >= 15 is 0 Å². The van der Waals surface area contributed by atoms with E-state index in [2.05, 4.69) is 22.3 Å². The number of anilines is 1. The SMILES string of the molecule is C=C(Cl)/C(=C\C=C/C)C(NCC1CC1)c1cccc(NC(=O)c2cc(C(F)(F)F)nn2-c2cccc(CN)c2)c1. The zero-order chi connectivity index (χ0) is 28.9. The average molecular weight is 570 g/mol. The molecule has 1 heterocycles. The minimum Gasteiger partial charge on any atom is -0.326 e. The van der Waals surface area contributed by atoms with Crippen LogP contribution in [0.15, 0.2) is 90.0 Å². The molecule has 1 aromatic heterocycles. The smallest absolute Gasteiger partial charge is 0.326 e. The van der Waals surface area contributed by atoms with Crippen LogP contribution in [0, 0.1) is 5.92 Å². The lowest BCUT2D eigenvalue weighted by atomic mass is 9.97. The summed E-state index contributed by atoms with van der Waals surface area (Å²) in [6.07, 6.45) is 3.24. The molecule has 1 amide bonds. The monoisotopic (exact) mass is 569 g/mol. The van der Waals surface area contributed by atoms with E-state index in [4.69, 9.17) is 17.3 Å². The first kappa shape index (κ1) is 29.3. The molecule has 4 N–H and O–H groups in total. The molecule has 1 fully saturated rings. The highest BCUT2D eigenvalue weighted by Gasteiger charge is 2.36. The summed E-state index contributed by atoms with van der Waals surface area (Å²) < 4.78 is 41.7. The standard InChI is InChI=1S/C30H31ClF3N5O/c1-3-4-11-25(19(2)31)28(36-18-20-12-13-20)22-8-6-9-23(15-22)37-29(40)26-16-27(30(32,33)34)38-39(26)24-10-5-7-21(14-24)17-35/h3-11,14-16,20,28,36H,2,12-13,17-18,35H2,1H3,(H,37,40)/b4-3-,25-11+. The minimum absolute atomic E-state index is 0.185. The minimum atomic E-state index is -4.73. The van der Waals surface area contributed by atoms with Crippen molar-refractivity contribution in [3.8, 4) is 5.69 Å². The number of nitrogens with zero attached hydrogens (tertiary/aromatic N) is 2. The van der Waals surface area contributed by atoms with E-state index in [0.717, 1.165) is 41.3 Å². The molecule has 0 aliphatic heterocycles. The Balaban J connectivity index is 1.67. The molecule has 0 spiro atoms. The Morgan fingerprint density at radius 1 is 1.23 bits per heavy atom. The molecule has 2 aromatic carbocycles. The summed E-state index contributed by atoms with van der Waals surface area (Å²) in [4.78, 5) is 13.4. The van der Waals surface area contributed by atoms with Crippen molar-refractivity contribution in [1.82, 2.24) is 15.1 Å². The van der Waals surface area contributed by atoms with Gasteiger partial charge in [-0.1, -0.05) is 60.7 Å². The van der Waals surface area contributed by atoms with E-state index in [1.165, 1.54) is 0 Å². The predicted molar refractivity (Wildman–Crippen MR) is 152 cm³/mol. The number of carbonyl (C=O) groups excluding carboxylic acids is 1. The fraction of sp³-hybridized carbons (Fsp3) is 0.267. The summed E-state index contributed by atoms with van der Waals surface area (Å²) in [6, 6.07) is 14.1. The van der Waals surface area contributed by atoms with Crippen LogP contribution in [0.5, 0.6) is 0 Å². The van der Waals surface area contributed by atoms with Gasteiger partial charge in [-0.2, -0.15) is 18.3 Å². The van der Waals surface area contributed by atoms with E-state index in [-0.39, 0.29) is 18.3 Å². The number of nitrogens with two attached hydrogens (primary N) is 1. The van der Waals surface area contributed by atoms with E-state index in [1.54, 1.807) is 42.5 Å². The van der Waals surface area contributed by atoms with Crippen molar-refractivity contribution in [2.75, 3.05) is 11.9 Å². The second-order valence-electron chi connectivity index (χ2n) is 9.62. The molecule has 0 bridgehead atoms. The largest absolute Gasteiger partial charge is 0.435 e. The summed E-state index contributed by atoms with van der Waals surface area (Å²) in [5.74, 6) is -0.148. The third kappa shape index (κ3) is 7.29. The fourth-order valence-corrected chi connectivity index (χ4v) is 4.41. The molecule has 0 radical (unpaired) electrons. The molecule has 10 heteroatoms. The number of aromatic nitrogens is 2. The van der Waals surface area contributed by atoms with Crippen LogP contribution in [-0.4, -0.2) is 22.2 Å². The van der Waals surface area contributed by atoms with Crippen LogP contribution in [-0.2, 0) is 12.7 Å². The summed E-state index contributed by atoms with van der Waals surface area (Å²) in [5, 5.41) is 10.4. The Hall–Kier alpha value is -3.66. The molecule has 0 saturated heterocycles. The van der Waals surface area contributed by atoms with Crippen LogP contribution in [0.1, 0.15) is 53.1 Å². The van der Waals surface area contributed by atoms with Gasteiger partial charge >= 0.3 is 6.18 Å². The van der Waals surface area contributed by atoms with Crippen molar-refractivity contribution in [1.29, 1.82) is 0 Å². The summed E-state index contributed by atoms with van der Waals surface area (Å²) in [5.41, 5.74) is 7.24. The van der Waals surface area contributed by atoms with Gasteiger partial charge in [-0.25, -0.2) is 4.68 Å². The van der Waals surface area contributed by atoms with Gasteiger partial charge in [0.25, 0.3) is 5.91 Å². The Morgan fingerprint density at radius 2 is 1.98 bits per heavy atom. The van der Waals surface area contributed by atoms with Crippen molar-refractivity contribution in [3.05, 3.63) is 113 Å². The zero-order valence-electron chi connectivity index (χ0n) is 22.0. The van der Waals surface area contributed by atoms with E-state index in [0.29, 0.717) is 27.9 Å². The van der Waals surface area contributed by atoms with Crippen LogP contribution in [0.4, 0.5) is 18.9 Å². The van der Waals surface area contributed by atoms with E-state index in [9.17, 15) is 18.0 Å². The Bertz CT molecular complexity index is 1440. The molecule has 1 unspecified atom stereocenters. The Labute approximate surface area is 236 Å². The number of rotatable bonds is 11. The maximum absolute atomic E-state index is 13.6. The number of nitrogens with one attached hydrogen (secondary N) is 2. The first-order chi connectivity index (χ1) is 19.1. The van der Waals surface area contributed by atoms with Crippen molar-refractivity contribution in [2.45, 2.75) is 38.5 Å². The number of hydrogen-bond acceptors (Lipinski definition) is 4. The van der Waals surface area contributed by atoms with Gasteiger partial charge in [0.2, 0.25) is 0 Å². The summed E-state index contributed by atoms with van der Waals surface area (Å²) in [7, 11) is 0. The first-order valence-corrected chi connectivity index (χ1v) is 13.3. The van der Waals surface area contributed by atoms with Crippen molar-refractivity contribution >= 4 is 23.2 Å². The number of alkyl halides is 3. The number of carbonyl (C=O) groups is 1. The number of amides is 1. The van der Waals surface area contributed by atoms with Gasteiger partial charge < -0.3 is 16.4 Å². The lowest BCUT2D eigenvalue weighted by Crippen LogP contribution is -2.26. The van der Waals surface area contributed by atoms with Gasteiger partial charge in [0.05, 0.1) is 11.7 Å². The van der Waals surface area contributed by atoms with Gasteiger partial charge in [-0.15, -0.1) is 0 Å². The highest BCUT2D eigenvalue weighted by molar-refractivity contribution is 6.31. The summed E-state index contributed by atoms with van der Waals surface area (Å²) >= 11 is 6.38. The van der Waals surface area contributed by atoms with E-state index < -0.39 is 17.8 Å². The molecule has 1 saturated carbocycles. The third-order valence-corrected chi connectivity index (χ3v) is 6.72. The van der Waals surface area contributed by atoms with Gasteiger partial charge in [-0.3, -0.25) is 4.79 Å². The average Bonchev–Trinajstić information content (AvgIpc) is 3.63. The maximum atomic E-state index is 13.6. The molecule has 1 aliphatic rings. The van der Waals surface area contributed by atoms with Crippen LogP contribution >= 0.6 is 11.6 Å². The first-order valence-electron chi connectivity index (χ1n) is 12.9. The van der Waals surface area contributed by atoms with Crippen molar-refractivity contribution in [3.63, 3.8) is 0 Å². The second-order valence-corrected chi connectivity index (χ2v) is 10.1. The fourth-order valence-electron chi connectivity index (χ4n) is 4.24. The number of allylic oxidation sites excluding steroid dienone is 3. The summed E-state index contributed by atoms with van der Waals surface area (Å²) in [6.45, 7) is 6.80. The topological polar surface area (TPSA) is 85.0 Å². The van der Waals surface area contributed by atoms with Crippen molar-refractivity contribution in [2.24, 2.45) is 11.7 Å². The molecular formula is C30H31ClF3N5O. The predicted octanol–water partition coefficient (Wildman–Crippen LogP) is 6.90. The van der Waals surface area contributed by atoms with E-state index in [1.807, 2.05) is 31.2 Å². The van der Waals surface area contributed by atoms with Crippen LogP contribution in [0.25, 0.3) is 5.69 Å². The maximum Gasteiger partial charge on any atom is 0.435 e. The number of halogens is 4. The molecular weight excluding hydrogens is 539 g/mol. The Kier molecular flexibility index (Phi) is 9.29. The number of benzene rings is 2. The van der Waals surface area contributed by atoms with Crippen molar-refractivity contribution < 1.29 is 18.0 Å². The van der Waals surface area contributed by atoms with Crippen LogP contribution < -0.4 is 16.4 Å². The highest BCUT2D eigenvalue weighted by Crippen LogP contribution is 2.34. The molecule has 1 aliphatic carbocycles. The van der Waals surface area contributed by atoms with Gasteiger partial charge in [0.15, 0.2) is 5.69 Å². The van der Waals surface area contributed by atoms with Gasteiger partial charge in [0.1, 0.15) is 5.69 Å². The normalized spacial score (nSPS) is 14.9. The zero-order valence-corrected chi connectivity index (χ0v) is 22.8. The Morgan fingerprint density at radius 3 is 2.62 bits per heavy atom. The highest BCUT2D eigenvalue weighted by atomic mass is 35.5. The quantitative estimate of drug-likeness (QED) is 0.219. The molecule has 1 atom stereocenters. The molecule has 6 nitrogen and oxygen atoms in total. The lowest BCUT2D eigenvalue weighted by molar-refractivity contribution is -0.141. The van der Waals surface area contributed by atoms with Crippen LogP contribution in [0.3, 0.4) is 0 Å². The molecule has 3 aromatic rings. The number of hydrogen-bond donors (Lipinski definition) is 3. The lowest BCUT2D eigenvalue weighted by Gasteiger charge is -2.23. The molecule has 210 valence electrons. The third-order valence-electron chi connectivity index (χ3n) is 6.50. The second kappa shape index (κ2) is 12.7. The van der Waals surface area contributed by atoms with Gasteiger partial charge in [-0.05, 0) is 73.2 Å². The van der Waals surface area contributed by atoms with Crippen LogP contribution in [0.2, 0.25) is 0 Å². The molecule has 40 heavy (non-hydrogen) atoms. The van der Waals surface area contributed by atoms with Gasteiger partial charge in [0, 0.05) is 23.3 Å². The molecule has 4 rings (SSSR count).